The maximum Gasteiger partial charge on any atom is 0.357 e. The third-order valence-electron chi connectivity index (χ3n) is 3.91. The van der Waals surface area contributed by atoms with Crippen molar-refractivity contribution in [2.75, 3.05) is 0 Å². The summed E-state index contributed by atoms with van der Waals surface area (Å²) in [6.07, 6.45) is 0. The third-order valence-corrected chi connectivity index (χ3v) is 3.91. The van der Waals surface area contributed by atoms with E-state index in [1.807, 2.05) is 12.1 Å². The van der Waals surface area contributed by atoms with Crippen LogP contribution >= 0.6 is 0 Å². The van der Waals surface area contributed by atoms with E-state index in [1.165, 1.54) is 4.73 Å². The molecule has 0 aliphatic carbocycles. The van der Waals surface area contributed by atoms with E-state index in [0.717, 1.165) is 5.56 Å². The molecule has 0 fully saturated rings. The number of aromatic carboxylic acids is 1. The van der Waals surface area contributed by atoms with Gasteiger partial charge in [-0.15, -0.1) is 0 Å². The van der Waals surface area contributed by atoms with Gasteiger partial charge in [0, 0.05) is 5.56 Å². The number of nitrogens with zero attached hydrogens (tertiary/aromatic N) is 4. The normalized spacial score (nSPS) is 10.0. The van der Waals surface area contributed by atoms with Crippen LogP contribution in [0.5, 0.6) is 0 Å². The van der Waals surface area contributed by atoms with Gasteiger partial charge in [-0.2, -0.15) is 15.3 Å². The van der Waals surface area contributed by atoms with Gasteiger partial charge >= 0.3 is 5.97 Å². The lowest BCUT2D eigenvalue weighted by molar-refractivity contribution is 0.0574. The number of aromatic nitrogens is 2. The molecule has 0 bridgehead atoms. The molecule has 132 valence electrons. The molecule has 0 radical (unpaired) electrons. The summed E-state index contributed by atoms with van der Waals surface area (Å²) in [5.74, 6) is -0.863. The van der Waals surface area contributed by atoms with Crippen LogP contribution in [0.25, 0.3) is 11.4 Å². The second kappa shape index (κ2) is 7.42. The van der Waals surface area contributed by atoms with Crippen LogP contribution in [-0.2, 0) is 6.61 Å². The first kappa shape index (κ1) is 17.7. The molecule has 1 heterocycles. The average Bonchev–Trinajstić information content (AvgIpc) is 3.03. The zero-order chi connectivity index (χ0) is 19.4. The van der Waals surface area contributed by atoms with Gasteiger partial charge in [0.15, 0.2) is 11.5 Å². The Kier molecular flexibility index (Phi) is 4.87. The van der Waals surface area contributed by atoms with Gasteiger partial charge in [-0.3, -0.25) is 0 Å². The molecule has 0 saturated carbocycles. The molecule has 0 aliphatic rings. The Morgan fingerprint density at radius 1 is 1.15 bits per heavy atom. The second-order valence-corrected chi connectivity index (χ2v) is 5.74. The van der Waals surface area contributed by atoms with E-state index >= 15 is 0 Å². The van der Waals surface area contributed by atoms with Crippen molar-refractivity contribution < 1.29 is 14.7 Å². The highest BCUT2D eigenvalue weighted by atomic mass is 16.7. The monoisotopic (exact) mass is 358 g/mol. The molecule has 7 heteroatoms. The van der Waals surface area contributed by atoms with E-state index < -0.39 is 5.97 Å². The number of aryl methyl sites for hydroxylation is 1. The van der Waals surface area contributed by atoms with Crippen LogP contribution < -0.4 is 4.84 Å². The van der Waals surface area contributed by atoms with Crippen LogP contribution in [0.15, 0.2) is 48.5 Å². The topological polar surface area (TPSA) is 112 Å². The maximum absolute atomic E-state index is 11.7. The fourth-order valence-corrected chi connectivity index (χ4v) is 2.60. The van der Waals surface area contributed by atoms with E-state index in [9.17, 15) is 9.90 Å². The predicted molar refractivity (Wildman–Crippen MR) is 95.5 cm³/mol. The molecular formula is C20H14N4O3. The summed E-state index contributed by atoms with van der Waals surface area (Å²) in [7, 11) is 0. The highest BCUT2D eigenvalue weighted by molar-refractivity contribution is 5.88. The Balaban J connectivity index is 2.00. The first-order chi connectivity index (χ1) is 13.0. The number of carboxylic acids is 1. The van der Waals surface area contributed by atoms with Gasteiger partial charge in [0.25, 0.3) is 0 Å². The van der Waals surface area contributed by atoms with Crippen LogP contribution in [0.2, 0.25) is 0 Å². The zero-order valence-corrected chi connectivity index (χ0v) is 14.4. The van der Waals surface area contributed by atoms with Gasteiger partial charge in [-0.05, 0) is 36.8 Å². The van der Waals surface area contributed by atoms with Gasteiger partial charge < -0.3 is 9.94 Å². The van der Waals surface area contributed by atoms with Gasteiger partial charge in [-0.1, -0.05) is 24.3 Å². The summed E-state index contributed by atoms with van der Waals surface area (Å²) in [5.41, 5.74) is 2.53. The molecule has 7 nitrogen and oxygen atoms in total. The molecule has 0 atom stereocenters. The quantitative estimate of drug-likeness (QED) is 0.750. The molecule has 27 heavy (non-hydrogen) atoms. The summed E-state index contributed by atoms with van der Waals surface area (Å²) in [6.45, 7) is 1.68. The molecule has 0 unspecified atom stereocenters. The fourth-order valence-electron chi connectivity index (χ4n) is 2.60. The van der Waals surface area contributed by atoms with Crippen molar-refractivity contribution in [3.8, 4) is 23.5 Å². The number of carboxylic acid groups (broad SMARTS) is 1. The van der Waals surface area contributed by atoms with Crippen molar-refractivity contribution in [3.63, 3.8) is 0 Å². The second-order valence-electron chi connectivity index (χ2n) is 5.74. The van der Waals surface area contributed by atoms with Crippen molar-refractivity contribution >= 4 is 5.97 Å². The Hall–Kier alpha value is -4.10. The average molecular weight is 358 g/mol. The molecule has 2 aromatic carbocycles. The van der Waals surface area contributed by atoms with E-state index in [1.54, 1.807) is 55.5 Å². The van der Waals surface area contributed by atoms with Gasteiger partial charge in [0.05, 0.1) is 29.0 Å². The standard InChI is InChI=1S/C20H14N4O3/c1-13-18(20(25)26)24(27-12-15-7-5-14(10-21)6-8-15)19(23-13)17-4-2-3-16(9-17)11-22/h2-9H,12H2,1H3,(H,25,26). The third kappa shape index (κ3) is 3.63. The van der Waals surface area contributed by atoms with Gasteiger partial charge in [0.1, 0.15) is 6.61 Å². The molecule has 1 N–H and O–H groups in total. The van der Waals surface area contributed by atoms with E-state index in [2.05, 4.69) is 4.98 Å². The van der Waals surface area contributed by atoms with Crippen LogP contribution in [0.1, 0.15) is 32.9 Å². The Morgan fingerprint density at radius 3 is 2.48 bits per heavy atom. The summed E-state index contributed by atoms with van der Waals surface area (Å²) >= 11 is 0. The fraction of sp³-hybridized carbons (Fsp3) is 0.100. The molecular weight excluding hydrogens is 344 g/mol. The minimum Gasteiger partial charge on any atom is -0.476 e. The summed E-state index contributed by atoms with van der Waals surface area (Å²) < 4.78 is 1.17. The number of benzene rings is 2. The van der Waals surface area contributed by atoms with Crippen LogP contribution in [0, 0.1) is 29.6 Å². The highest BCUT2D eigenvalue weighted by Crippen LogP contribution is 2.23. The van der Waals surface area contributed by atoms with Crippen molar-refractivity contribution in [2.24, 2.45) is 0 Å². The summed E-state index contributed by atoms with van der Waals surface area (Å²) in [5, 5.41) is 27.5. The molecule has 1 aromatic heterocycles. The zero-order valence-electron chi connectivity index (χ0n) is 14.4. The number of carbonyl (C=O) groups is 1. The first-order valence-corrected chi connectivity index (χ1v) is 7.99. The SMILES string of the molecule is Cc1nc(-c2cccc(C#N)c2)n(OCc2ccc(C#N)cc2)c1C(=O)O. The number of hydrogen-bond acceptors (Lipinski definition) is 5. The smallest absolute Gasteiger partial charge is 0.357 e. The van der Waals surface area contributed by atoms with Gasteiger partial charge in [-0.25, -0.2) is 9.78 Å². The number of nitriles is 2. The lowest BCUT2D eigenvalue weighted by Crippen LogP contribution is -2.19. The van der Waals surface area contributed by atoms with Crippen molar-refractivity contribution in [1.82, 2.24) is 9.71 Å². The van der Waals surface area contributed by atoms with Crippen LogP contribution in [0.3, 0.4) is 0 Å². The summed E-state index contributed by atoms with van der Waals surface area (Å²) in [6, 6.07) is 17.6. The largest absolute Gasteiger partial charge is 0.476 e. The molecule has 0 amide bonds. The maximum atomic E-state index is 11.7. The number of rotatable bonds is 5. The van der Waals surface area contributed by atoms with Gasteiger partial charge in [0.2, 0.25) is 0 Å². The molecule has 3 rings (SSSR count). The Labute approximate surface area is 155 Å². The van der Waals surface area contributed by atoms with Crippen molar-refractivity contribution in [1.29, 1.82) is 10.5 Å². The number of imidazole rings is 1. The van der Waals surface area contributed by atoms with Crippen molar-refractivity contribution in [2.45, 2.75) is 13.5 Å². The van der Waals surface area contributed by atoms with Crippen LogP contribution in [0.4, 0.5) is 0 Å². The lowest BCUT2D eigenvalue weighted by atomic mass is 10.1. The van der Waals surface area contributed by atoms with Crippen molar-refractivity contribution in [3.05, 3.63) is 76.6 Å². The minimum atomic E-state index is -1.16. The van der Waals surface area contributed by atoms with Crippen LogP contribution in [-0.4, -0.2) is 20.8 Å². The minimum absolute atomic E-state index is 0.0824. The Bertz CT molecular complexity index is 1090. The Morgan fingerprint density at radius 2 is 1.85 bits per heavy atom. The predicted octanol–water partition coefficient (Wildman–Crippen LogP) is 2.93. The molecule has 0 saturated heterocycles. The molecule has 0 spiro atoms. The molecule has 3 aromatic rings. The number of hydrogen-bond donors (Lipinski definition) is 1. The highest BCUT2D eigenvalue weighted by Gasteiger charge is 2.23. The van der Waals surface area contributed by atoms with E-state index in [0.29, 0.717) is 28.2 Å². The van der Waals surface area contributed by atoms with E-state index in [-0.39, 0.29) is 12.3 Å². The molecule has 0 aliphatic heterocycles. The van der Waals surface area contributed by atoms with E-state index in [4.69, 9.17) is 15.4 Å². The first-order valence-electron chi connectivity index (χ1n) is 7.99. The summed E-state index contributed by atoms with van der Waals surface area (Å²) in [4.78, 5) is 21.7. The lowest BCUT2D eigenvalue weighted by Gasteiger charge is -2.12.